The molecule has 1 fully saturated rings. The van der Waals surface area contributed by atoms with E-state index in [2.05, 4.69) is 15.0 Å². The highest BCUT2D eigenvalue weighted by molar-refractivity contribution is 6.30. The van der Waals surface area contributed by atoms with Crippen LogP contribution in [0.2, 0.25) is 5.02 Å². The Bertz CT molecular complexity index is 994. The second-order valence-corrected chi connectivity index (χ2v) is 7.65. The zero-order valence-corrected chi connectivity index (χ0v) is 16.7. The monoisotopic (exact) mass is 407 g/mol. The molecule has 0 spiro atoms. The Labute approximate surface area is 174 Å². The summed E-state index contributed by atoms with van der Waals surface area (Å²) in [5.41, 5.74) is 9.49. The number of nitrogen functional groups attached to an aromatic ring is 1. The lowest BCUT2D eigenvalue weighted by molar-refractivity contribution is -0.131. The minimum atomic E-state index is 0.0865. The Morgan fingerprint density at radius 3 is 2.76 bits per heavy atom. The number of nitrogens with two attached hydrogens (primary N) is 1. The number of benzene rings is 1. The summed E-state index contributed by atoms with van der Waals surface area (Å²) in [7, 11) is 0. The van der Waals surface area contributed by atoms with Crippen LogP contribution >= 0.6 is 11.6 Å². The first-order valence-electron chi connectivity index (χ1n) is 9.66. The van der Waals surface area contributed by atoms with Crippen LogP contribution in [-0.2, 0) is 11.2 Å². The maximum atomic E-state index is 12.8. The molecule has 1 atom stereocenters. The second kappa shape index (κ2) is 8.57. The zero-order chi connectivity index (χ0) is 20.2. The van der Waals surface area contributed by atoms with Gasteiger partial charge >= 0.3 is 0 Å². The molecule has 148 valence electrons. The predicted molar refractivity (Wildman–Crippen MR) is 113 cm³/mol. The number of pyridine rings is 1. The topological polar surface area (TPSA) is 85.0 Å². The first-order valence-corrected chi connectivity index (χ1v) is 10.0. The highest BCUT2D eigenvalue weighted by Gasteiger charge is 2.28. The number of carbonyl (C=O) groups excluding carboxylic acids is 1. The second-order valence-electron chi connectivity index (χ2n) is 7.21. The van der Waals surface area contributed by atoms with Gasteiger partial charge in [0, 0.05) is 47.7 Å². The summed E-state index contributed by atoms with van der Waals surface area (Å²) in [6.45, 7) is 1.36. The van der Waals surface area contributed by atoms with E-state index < -0.39 is 0 Å². The SMILES string of the molecule is Nc1ncc(-c2ccc(Cl)cc2)c([C@H]2CCCN(C(=O)Cc3ccccn3)C2)n1. The van der Waals surface area contributed by atoms with Crippen molar-refractivity contribution < 1.29 is 4.79 Å². The summed E-state index contributed by atoms with van der Waals surface area (Å²) >= 11 is 6.03. The third-order valence-electron chi connectivity index (χ3n) is 5.21. The van der Waals surface area contributed by atoms with Crippen LogP contribution in [0.5, 0.6) is 0 Å². The van der Waals surface area contributed by atoms with Gasteiger partial charge in [0.05, 0.1) is 12.1 Å². The van der Waals surface area contributed by atoms with Gasteiger partial charge in [-0.1, -0.05) is 29.8 Å². The first-order chi connectivity index (χ1) is 14.1. The fourth-order valence-electron chi connectivity index (χ4n) is 3.77. The summed E-state index contributed by atoms with van der Waals surface area (Å²) in [6.07, 6.45) is 5.65. The Balaban J connectivity index is 1.57. The molecule has 7 heteroatoms. The van der Waals surface area contributed by atoms with Crippen LogP contribution in [0.15, 0.2) is 54.9 Å². The van der Waals surface area contributed by atoms with E-state index in [0.717, 1.165) is 41.9 Å². The molecule has 0 unspecified atom stereocenters. The molecule has 0 aliphatic carbocycles. The number of hydrogen-bond donors (Lipinski definition) is 1. The quantitative estimate of drug-likeness (QED) is 0.712. The fraction of sp³-hybridized carbons (Fsp3) is 0.273. The Morgan fingerprint density at radius 1 is 1.17 bits per heavy atom. The van der Waals surface area contributed by atoms with E-state index in [4.69, 9.17) is 17.3 Å². The molecule has 1 aliphatic heterocycles. The Kier molecular flexibility index (Phi) is 5.71. The number of amides is 1. The molecule has 3 heterocycles. The number of rotatable bonds is 4. The van der Waals surface area contributed by atoms with Crippen LogP contribution < -0.4 is 5.73 Å². The Hall–Kier alpha value is -2.99. The summed E-state index contributed by atoms with van der Waals surface area (Å²) in [5, 5.41) is 0.677. The number of anilines is 1. The maximum absolute atomic E-state index is 12.8. The Morgan fingerprint density at radius 2 is 2.00 bits per heavy atom. The van der Waals surface area contributed by atoms with E-state index in [1.807, 2.05) is 47.4 Å². The predicted octanol–water partition coefficient (Wildman–Crippen LogP) is 3.72. The minimum Gasteiger partial charge on any atom is -0.368 e. The van der Waals surface area contributed by atoms with E-state index in [1.165, 1.54) is 0 Å². The van der Waals surface area contributed by atoms with Gasteiger partial charge in [0.15, 0.2) is 0 Å². The molecule has 0 radical (unpaired) electrons. The van der Waals surface area contributed by atoms with Gasteiger partial charge in [-0.3, -0.25) is 9.78 Å². The molecular formula is C22H22ClN5O. The van der Waals surface area contributed by atoms with E-state index in [0.29, 0.717) is 18.0 Å². The average molecular weight is 408 g/mol. The lowest BCUT2D eigenvalue weighted by Crippen LogP contribution is -2.40. The van der Waals surface area contributed by atoms with Crippen LogP contribution in [0.3, 0.4) is 0 Å². The van der Waals surface area contributed by atoms with E-state index in [1.54, 1.807) is 12.4 Å². The number of hydrogen-bond acceptors (Lipinski definition) is 5. The number of likely N-dealkylation sites (tertiary alicyclic amines) is 1. The van der Waals surface area contributed by atoms with Gasteiger partial charge in [-0.2, -0.15) is 0 Å². The van der Waals surface area contributed by atoms with Crippen molar-refractivity contribution in [3.63, 3.8) is 0 Å². The molecule has 29 heavy (non-hydrogen) atoms. The molecule has 6 nitrogen and oxygen atoms in total. The third-order valence-corrected chi connectivity index (χ3v) is 5.46. The van der Waals surface area contributed by atoms with Gasteiger partial charge < -0.3 is 10.6 Å². The molecule has 2 N–H and O–H groups in total. The van der Waals surface area contributed by atoms with Crippen molar-refractivity contribution in [2.75, 3.05) is 18.8 Å². The molecule has 3 aromatic rings. The van der Waals surface area contributed by atoms with Crippen molar-refractivity contribution in [3.05, 3.63) is 71.3 Å². The van der Waals surface area contributed by atoms with Gasteiger partial charge in [0.2, 0.25) is 11.9 Å². The standard InChI is InChI=1S/C22H22ClN5O/c23-17-8-6-15(7-9-17)19-13-26-22(24)27-21(19)16-4-3-11-28(14-16)20(29)12-18-5-1-2-10-25-18/h1-2,5-10,13,16H,3-4,11-12,14H2,(H2,24,26,27)/t16-/m0/s1. The van der Waals surface area contributed by atoms with Crippen molar-refractivity contribution in [2.45, 2.75) is 25.2 Å². The van der Waals surface area contributed by atoms with Gasteiger partial charge in [-0.25, -0.2) is 9.97 Å². The molecule has 1 aliphatic rings. The van der Waals surface area contributed by atoms with Crippen LogP contribution in [-0.4, -0.2) is 38.8 Å². The highest BCUT2D eigenvalue weighted by Crippen LogP contribution is 2.34. The molecule has 2 aromatic heterocycles. The lowest BCUT2D eigenvalue weighted by Gasteiger charge is -2.33. The van der Waals surface area contributed by atoms with Gasteiger partial charge in [0.25, 0.3) is 0 Å². The molecular weight excluding hydrogens is 386 g/mol. The molecule has 1 aromatic carbocycles. The van der Waals surface area contributed by atoms with Crippen molar-refractivity contribution in [1.82, 2.24) is 19.9 Å². The van der Waals surface area contributed by atoms with Crippen molar-refractivity contribution in [1.29, 1.82) is 0 Å². The molecule has 0 bridgehead atoms. The van der Waals surface area contributed by atoms with Crippen LogP contribution in [0.1, 0.15) is 30.1 Å². The normalized spacial score (nSPS) is 16.6. The average Bonchev–Trinajstić information content (AvgIpc) is 2.75. The van der Waals surface area contributed by atoms with E-state index >= 15 is 0 Å². The van der Waals surface area contributed by atoms with Gasteiger partial charge in [-0.15, -0.1) is 0 Å². The first kappa shape index (κ1) is 19.3. The largest absolute Gasteiger partial charge is 0.368 e. The van der Waals surface area contributed by atoms with Crippen LogP contribution in [0, 0.1) is 0 Å². The third kappa shape index (κ3) is 4.54. The smallest absolute Gasteiger partial charge is 0.228 e. The molecule has 4 rings (SSSR count). The van der Waals surface area contributed by atoms with Crippen LogP contribution in [0.25, 0.3) is 11.1 Å². The number of piperidine rings is 1. The van der Waals surface area contributed by atoms with E-state index in [-0.39, 0.29) is 17.8 Å². The van der Waals surface area contributed by atoms with Crippen molar-refractivity contribution >= 4 is 23.5 Å². The van der Waals surface area contributed by atoms with Gasteiger partial charge in [0.1, 0.15) is 0 Å². The fourth-order valence-corrected chi connectivity index (χ4v) is 3.89. The number of carbonyl (C=O) groups is 1. The molecule has 0 saturated carbocycles. The summed E-state index contributed by atoms with van der Waals surface area (Å²) < 4.78 is 0. The lowest BCUT2D eigenvalue weighted by atomic mass is 9.89. The summed E-state index contributed by atoms with van der Waals surface area (Å²) in [6, 6.07) is 13.2. The highest BCUT2D eigenvalue weighted by atomic mass is 35.5. The molecule has 1 saturated heterocycles. The number of halogens is 1. The van der Waals surface area contributed by atoms with E-state index in [9.17, 15) is 4.79 Å². The zero-order valence-electron chi connectivity index (χ0n) is 16.0. The van der Waals surface area contributed by atoms with Crippen LogP contribution in [0.4, 0.5) is 5.95 Å². The van der Waals surface area contributed by atoms with Crippen molar-refractivity contribution in [2.24, 2.45) is 0 Å². The minimum absolute atomic E-state index is 0.0865. The molecule has 1 amide bonds. The maximum Gasteiger partial charge on any atom is 0.228 e. The van der Waals surface area contributed by atoms with Gasteiger partial charge in [-0.05, 0) is 42.7 Å². The number of nitrogens with zero attached hydrogens (tertiary/aromatic N) is 4. The van der Waals surface area contributed by atoms with Crippen molar-refractivity contribution in [3.8, 4) is 11.1 Å². The summed E-state index contributed by atoms with van der Waals surface area (Å²) in [5.74, 6) is 0.436. The number of aromatic nitrogens is 3. The summed E-state index contributed by atoms with van der Waals surface area (Å²) in [4.78, 5) is 27.7.